The fourth-order valence-electron chi connectivity index (χ4n) is 4.38. The van der Waals surface area contributed by atoms with Gasteiger partial charge in [0.2, 0.25) is 5.91 Å². The molecule has 1 N–H and O–H groups in total. The second-order valence-electron chi connectivity index (χ2n) is 9.29. The van der Waals surface area contributed by atoms with Crippen LogP contribution in [-0.4, -0.2) is 23.7 Å². The third kappa shape index (κ3) is 7.10. The molecule has 1 heterocycles. The van der Waals surface area contributed by atoms with Crippen LogP contribution in [0.15, 0.2) is 89.5 Å². The zero-order chi connectivity index (χ0) is 27.6. The molecule has 2 amide bonds. The van der Waals surface area contributed by atoms with Crippen LogP contribution in [0.25, 0.3) is 0 Å². The average Bonchev–Trinajstić information content (AvgIpc) is 3.28. The molecule has 6 nitrogen and oxygen atoms in total. The first-order valence-electron chi connectivity index (χ1n) is 13.3. The minimum absolute atomic E-state index is 0.0735. The Hall–Kier alpha value is -4.02. The maximum Gasteiger partial charge on any atom is 0.264 e. The minimum atomic E-state index is -0.506. The number of carbonyl (C=O) groups is 2. The van der Waals surface area contributed by atoms with E-state index in [-0.39, 0.29) is 18.0 Å². The fraction of sp³-hybridized carbons (Fsp3) is 0.281. The van der Waals surface area contributed by atoms with E-state index in [9.17, 15) is 14.9 Å². The fourth-order valence-corrected chi connectivity index (χ4v) is 5.69. The zero-order valence-corrected chi connectivity index (χ0v) is 23.2. The van der Waals surface area contributed by atoms with Gasteiger partial charge in [0.25, 0.3) is 5.91 Å². The van der Waals surface area contributed by atoms with Crippen LogP contribution in [0.3, 0.4) is 0 Å². The maximum atomic E-state index is 13.8. The number of nitrogens with zero attached hydrogens (tertiary/aromatic N) is 2. The summed E-state index contributed by atoms with van der Waals surface area (Å²) < 4.78 is 5.56. The lowest BCUT2D eigenvalue weighted by molar-refractivity contribution is -0.117. The molecule has 7 heteroatoms. The number of rotatable bonds is 11. The number of hydrogen-bond donors (Lipinski definition) is 1. The predicted octanol–water partition coefficient (Wildman–Crippen LogP) is 6.17. The minimum Gasteiger partial charge on any atom is -0.494 e. The molecule has 4 rings (SSSR count). The Morgan fingerprint density at radius 1 is 0.974 bits per heavy atom. The Balaban J connectivity index is 1.62. The van der Waals surface area contributed by atoms with Crippen molar-refractivity contribution < 1.29 is 14.3 Å². The van der Waals surface area contributed by atoms with E-state index < -0.39 is 11.2 Å². The number of amides is 2. The molecule has 39 heavy (non-hydrogen) atoms. The van der Waals surface area contributed by atoms with E-state index >= 15 is 0 Å². The zero-order valence-electron chi connectivity index (χ0n) is 22.4. The molecule has 1 saturated heterocycles. The van der Waals surface area contributed by atoms with Crippen molar-refractivity contribution >= 4 is 29.3 Å². The van der Waals surface area contributed by atoms with Crippen LogP contribution < -0.4 is 15.0 Å². The lowest BCUT2D eigenvalue weighted by atomic mass is 10.0. The normalized spacial score (nSPS) is 16.1. The van der Waals surface area contributed by atoms with Gasteiger partial charge in [-0.1, -0.05) is 79.7 Å². The van der Waals surface area contributed by atoms with Crippen molar-refractivity contribution in [2.24, 2.45) is 0 Å². The van der Waals surface area contributed by atoms with Crippen LogP contribution in [0.1, 0.15) is 43.4 Å². The summed E-state index contributed by atoms with van der Waals surface area (Å²) in [5.74, 6) is 0.0262. The molecular weight excluding hydrogens is 506 g/mol. The standard InChI is InChI=1S/C32H33N3O3S/c1-3-5-9-23-12-14-24(15-13-23)20-29-31(37)35(26-16-18-27(19-17-26)38-4-2)32(39-29)28(21-33)30(36)34-22-25-10-7-6-8-11-25/h6-8,10-19,29H,3-5,9,20,22H2,1-2H3,(H,34,36)/b32-28-. The second-order valence-corrected chi connectivity index (χ2v) is 10.5. The molecule has 0 aromatic heterocycles. The molecule has 1 fully saturated rings. The van der Waals surface area contributed by atoms with E-state index in [1.807, 2.05) is 37.3 Å². The van der Waals surface area contributed by atoms with Gasteiger partial charge in [0.05, 0.1) is 11.9 Å². The monoisotopic (exact) mass is 539 g/mol. The topological polar surface area (TPSA) is 82.4 Å². The Bertz CT molecular complexity index is 1350. The van der Waals surface area contributed by atoms with E-state index in [4.69, 9.17) is 4.74 Å². The Kier molecular flexibility index (Phi) is 9.82. The van der Waals surface area contributed by atoms with Crippen molar-refractivity contribution in [2.75, 3.05) is 11.5 Å². The van der Waals surface area contributed by atoms with E-state index in [2.05, 4.69) is 42.6 Å². The molecule has 0 radical (unpaired) electrons. The van der Waals surface area contributed by atoms with Gasteiger partial charge >= 0.3 is 0 Å². The van der Waals surface area contributed by atoms with Gasteiger partial charge in [-0.3, -0.25) is 14.5 Å². The molecule has 200 valence electrons. The number of nitrogens with one attached hydrogen (secondary N) is 1. The number of ether oxygens (including phenoxy) is 1. The Labute approximate surface area is 234 Å². The summed E-state index contributed by atoms with van der Waals surface area (Å²) in [6, 6.07) is 27.1. The third-order valence-electron chi connectivity index (χ3n) is 6.47. The molecule has 0 saturated carbocycles. The van der Waals surface area contributed by atoms with Gasteiger partial charge in [0.15, 0.2) is 0 Å². The molecule has 0 bridgehead atoms. The molecule has 1 aliphatic rings. The largest absolute Gasteiger partial charge is 0.494 e. The third-order valence-corrected chi connectivity index (χ3v) is 7.73. The number of benzene rings is 3. The van der Waals surface area contributed by atoms with Gasteiger partial charge in [0, 0.05) is 12.2 Å². The number of carbonyl (C=O) groups excluding carboxylic acids is 2. The number of unbranched alkanes of at least 4 members (excludes halogenated alkanes) is 1. The molecule has 1 atom stereocenters. The highest BCUT2D eigenvalue weighted by Crippen LogP contribution is 2.42. The summed E-state index contributed by atoms with van der Waals surface area (Å²) in [5, 5.41) is 12.8. The van der Waals surface area contributed by atoms with E-state index in [0.29, 0.717) is 29.5 Å². The first kappa shape index (κ1) is 28.0. The van der Waals surface area contributed by atoms with Crippen molar-refractivity contribution in [3.05, 3.63) is 106 Å². The summed E-state index contributed by atoms with van der Waals surface area (Å²) >= 11 is 1.27. The first-order valence-corrected chi connectivity index (χ1v) is 14.2. The highest BCUT2D eigenvalue weighted by atomic mass is 32.2. The quantitative estimate of drug-likeness (QED) is 0.233. The lowest BCUT2D eigenvalue weighted by Gasteiger charge is -2.19. The van der Waals surface area contributed by atoms with Crippen molar-refractivity contribution in [3.63, 3.8) is 0 Å². The summed E-state index contributed by atoms with van der Waals surface area (Å²) in [6.07, 6.45) is 3.82. The predicted molar refractivity (Wildman–Crippen MR) is 156 cm³/mol. The van der Waals surface area contributed by atoms with Gasteiger partial charge in [-0.2, -0.15) is 5.26 Å². The van der Waals surface area contributed by atoms with Crippen LogP contribution in [0.2, 0.25) is 0 Å². The van der Waals surface area contributed by atoms with Crippen LogP contribution in [0, 0.1) is 11.3 Å². The number of thioether (sulfide) groups is 1. The van der Waals surface area contributed by atoms with Crippen LogP contribution >= 0.6 is 11.8 Å². The van der Waals surface area contributed by atoms with Gasteiger partial charge in [-0.25, -0.2) is 0 Å². The van der Waals surface area contributed by atoms with Crippen molar-refractivity contribution in [1.82, 2.24) is 5.32 Å². The number of hydrogen-bond acceptors (Lipinski definition) is 5. The highest BCUT2D eigenvalue weighted by molar-refractivity contribution is 8.05. The number of aryl methyl sites for hydroxylation is 1. The maximum absolute atomic E-state index is 13.8. The molecule has 0 spiro atoms. The Morgan fingerprint density at radius 2 is 1.67 bits per heavy atom. The molecule has 0 aliphatic carbocycles. The smallest absolute Gasteiger partial charge is 0.264 e. The van der Waals surface area contributed by atoms with Crippen molar-refractivity contribution in [2.45, 2.75) is 51.3 Å². The lowest BCUT2D eigenvalue weighted by Crippen LogP contribution is -2.32. The van der Waals surface area contributed by atoms with Gasteiger partial charge in [-0.15, -0.1) is 0 Å². The molecule has 1 unspecified atom stereocenters. The van der Waals surface area contributed by atoms with Gasteiger partial charge in [-0.05, 0) is 67.1 Å². The van der Waals surface area contributed by atoms with Crippen LogP contribution in [0.5, 0.6) is 5.75 Å². The van der Waals surface area contributed by atoms with Crippen molar-refractivity contribution in [3.8, 4) is 11.8 Å². The molecule has 3 aromatic carbocycles. The SMILES string of the molecule is CCCCc1ccc(CC2S/C(=C(/C#N)C(=O)NCc3ccccc3)N(c3ccc(OCC)cc3)C2=O)cc1. The molecular formula is C32H33N3O3S. The summed E-state index contributed by atoms with van der Waals surface area (Å²) in [5.41, 5.74) is 3.76. The molecule has 3 aromatic rings. The molecule has 1 aliphatic heterocycles. The summed E-state index contributed by atoms with van der Waals surface area (Å²) in [6.45, 7) is 4.90. The highest BCUT2D eigenvalue weighted by Gasteiger charge is 2.40. The average molecular weight is 540 g/mol. The van der Waals surface area contributed by atoms with E-state index in [1.54, 1.807) is 24.3 Å². The van der Waals surface area contributed by atoms with Crippen LogP contribution in [0.4, 0.5) is 5.69 Å². The number of anilines is 1. The first-order chi connectivity index (χ1) is 19.0. The van der Waals surface area contributed by atoms with E-state index in [0.717, 1.165) is 30.4 Å². The van der Waals surface area contributed by atoms with Crippen molar-refractivity contribution in [1.29, 1.82) is 5.26 Å². The van der Waals surface area contributed by atoms with E-state index in [1.165, 1.54) is 22.2 Å². The number of nitriles is 1. The van der Waals surface area contributed by atoms with Crippen LogP contribution in [-0.2, 0) is 29.0 Å². The summed E-state index contributed by atoms with van der Waals surface area (Å²) in [4.78, 5) is 28.4. The van der Waals surface area contributed by atoms with Gasteiger partial charge < -0.3 is 10.1 Å². The summed E-state index contributed by atoms with van der Waals surface area (Å²) in [7, 11) is 0. The van der Waals surface area contributed by atoms with Gasteiger partial charge in [0.1, 0.15) is 22.4 Å². The Morgan fingerprint density at radius 3 is 2.31 bits per heavy atom. The second kappa shape index (κ2) is 13.7.